The third-order valence-corrected chi connectivity index (χ3v) is 4.24. The zero-order valence-corrected chi connectivity index (χ0v) is 13.8. The van der Waals surface area contributed by atoms with Crippen LogP contribution in [0.4, 0.5) is 0 Å². The van der Waals surface area contributed by atoms with Gasteiger partial charge in [-0.15, -0.1) is 0 Å². The summed E-state index contributed by atoms with van der Waals surface area (Å²) in [5.74, 6) is 0.365. The van der Waals surface area contributed by atoms with Gasteiger partial charge in [0.2, 0.25) is 0 Å². The van der Waals surface area contributed by atoms with E-state index in [-0.39, 0.29) is 0 Å². The van der Waals surface area contributed by atoms with Gasteiger partial charge in [-0.25, -0.2) is 0 Å². The highest BCUT2D eigenvalue weighted by Gasteiger charge is 2.12. The van der Waals surface area contributed by atoms with E-state index in [2.05, 4.69) is 67.5 Å². The molecule has 3 aromatic rings. The molecule has 0 saturated heterocycles. The van der Waals surface area contributed by atoms with Crippen LogP contribution in [0.15, 0.2) is 60.7 Å². The van der Waals surface area contributed by atoms with E-state index in [4.69, 9.17) is 0 Å². The van der Waals surface area contributed by atoms with E-state index in [0.29, 0.717) is 5.75 Å². The maximum atomic E-state index is 10.5. The average molecular weight is 305 g/mol. The number of phenolic OH excluding ortho intramolecular Hbond substituents is 1. The van der Waals surface area contributed by atoms with Crippen molar-refractivity contribution < 1.29 is 5.11 Å². The second-order valence-corrected chi connectivity index (χ2v) is 6.24. The van der Waals surface area contributed by atoms with Gasteiger partial charge in [-0.1, -0.05) is 54.6 Å². The third kappa shape index (κ3) is 3.38. The molecule has 0 bridgehead atoms. The van der Waals surface area contributed by atoms with Crippen LogP contribution in [0.1, 0.15) is 12.0 Å². The van der Waals surface area contributed by atoms with E-state index in [1.165, 1.54) is 16.3 Å². The van der Waals surface area contributed by atoms with Crippen LogP contribution >= 0.6 is 0 Å². The minimum Gasteiger partial charge on any atom is -0.507 e. The second-order valence-electron chi connectivity index (χ2n) is 6.24. The molecule has 0 amide bonds. The molecule has 0 aliphatic rings. The first-order valence-corrected chi connectivity index (χ1v) is 8.10. The molecule has 0 aliphatic heterocycles. The number of benzene rings is 3. The maximum Gasteiger partial charge on any atom is 0.123 e. The van der Waals surface area contributed by atoms with Gasteiger partial charge in [0.1, 0.15) is 5.75 Å². The largest absolute Gasteiger partial charge is 0.507 e. The molecule has 1 N–H and O–H groups in total. The van der Waals surface area contributed by atoms with Crippen LogP contribution in [0.5, 0.6) is 5.75 Å². The minimum atomic E-state index is 0.365. The van der Waals surface area contributed by atoms with Crippen molar-refractivity contribution in [2.75, 3.05) is 20.6 Å². The zero-order valence-electron chi connectivity index (χ0n) is 13.8. The summed E-state index contributed by atoms with van der Waals surface area (Å²) in [6, 6.07) is 20.5. The lowest BCUT2D eigenvalue weighted by Gasteiger charge is -2.15. The number of hydrogen-bond acceptors (Lipinski definition) is 2. The van der Waals surface area contributed by atoms with Crippen LogP contribution in [0, 0.1) is 0 Å². The predicted octanol–water partition coefficient (Wildman–Crippen LogP) is 4.71. The number of rotatable bonds is 5. The molecule has 118 valence electrons. The summed E-state index contributed by atoms with van der Waals surface area (Å²) < 4.78 is 0. The fourth-order valence-electron chi connectivity index (χ4n) is 3.14. The predicted molar refractivity (Wildman–Crippen MR) is 97.9 cm³/mol. The summed E-state index contributed by atoms with van der Waals surface area (Å²) in [6.45, 7) is 1.05. The van der Waals surface area contributed by atoms with Crippen LogP contribution in [-0.4, -0.2) is 30.6 Å². The third-order valence-electron chi connectivity index (χ3n) is 4.24. The number of aromatic hydroxyl groups is 1. The lowest BCUT2D eigenvalue weighted by atomic mass is 9.92. The topological polar surface area (TPSA) is 23.5 Å². The molecule has 0 radical (unpaired) electrons. The molecule has 2 nitrogen and oxygen atoms in total. The van der Waals surface area contributed by atoms with Crippen molar-refractivity contribution in [3.63, 3.8) is 0 Å². The molecule has 0 aromatic heterocycles. The maximum absolute atomic E-state index is 10.5. The average Bonchev–Trinajstić information content (AvgIpc) is 2.54. The molecule has 0 fully saturated rings. The van der Waals surface area contributed by atoms with Gasteiger partial charge in [0.05, 0.1) is 0 Å². The quantitative estimate of drug-likeness (QED) is 0.738. The van der Waals surface area contributed by atoms with Gasteiger partial charge in [0.25, 0.3) is 0 Å². The van der Waals surface area contributed by atoms with Crippen molar-refractivity contribution in [3.8, 4) is 16.9 Å². The highest BCUT2D eigenvalue weighted by Crippen LogP contribution is 2.37. The highest BCUT2D eigenvalue weighted by atomic mass is 16.3. The molecular formula is C21H23NO. The van der Waals surface area contributed by atoms with Gasteiger partial charge in [-0.2, -0.15) is 0 Å². The monoisotopic (exact) mass is 305 g/mol. The molecule has 2 heteroatoms. The van der Waals surface area contributed by atoms with Gasteiger partial charge >= 0.3 is 0 Å². The molecular weight excluding hydrogens is 282 g/mol. The summed E-state index contributed by atoms with van der Waals surface area (Å²) in [7, 11) is 4.18. The molecule has 3 rings (SSSR count). The van der Waals surface area contributed by atoms with E-state index in [0.717, 1.165) is 30.5 Å². The van der Waals surface area contributed by atoms with Crippen LogP contribution in [0.25, 0.3) is 21.9 Å². The molecule has 3 aromatic carbocycles. The smallest absolute Gasteiger partial charge is 0.123 e. The molecule has 0 spiro atoms. The number of nitrogens with zero attached hydrogens (tertiary/aromatic N) is 1. The molecule has 0 atom stereocenters. The summed E-state index contributed by atoms with van der Waals surface area (Å²) >= 11 is 0. The van der Waals surface area contributed by atoms with Crippen molar-refractivity contribution in [1.82, 2.24) is 4.90 Å². The van der Waals surface area contributed by atoms with Crippen molar-refractivity contribution in [2.45, 2.75) is 12.8 Å². The van der Waals surface area contributed by atoms with Gasteiger partial charge < -0.3 is 10.0 Å². The van der Waals surface area contributed by atoms with Gasteiger partial charge in [0, 0.05) is 5.56 Å². The number of fused-ring (bicyclic) bond motifs is 1. The SMILES string of the molecule is CN(C)CCCc1cccc(O)c1-c1cccc2ccccc12. The second kappa shape index (κ2) is 6.84. The number of hydrogen-bond donors (Lipinski definition) is 1. The van der Waals surface area contributed by atoms with Crippen LogP contribution in [0.2, 0.25) is 0 Å². The Balaban J connectivity index is 2.07. The first-order chi connectivity index (χ1) is 11.2. The Morgan fingerprint density at radius 1 is 0.870 bits per heavy atom. The molecule has 0 unspecified atom stereocenters. The Kier molecular flexibility index (Phi) is 4.63. The van der Waals surface area contributed by atoms with Crippen LogP contribution in [0.3, 0.4) is 0 Å². The number of aryl methyl sites for hydroxylation is 1. The zero-order chi connectivity index (χ0) is 16.2. The molecule has 23 heavy (non-hydrogen) atoms. The standard InChI is InChI=1S/C21H23NO/c1-22(2)15-7-11-17-10-6-14-20(23)21(17)19-13-5-9-16-8-3-4-12-18(16)19/h3-6,8-10,12-14,23H,7,11,15H2,1-2H3. The van der Waals surface area contributed by atoms with Crippen molar-refractivity contribution in [2.24, 2.45) is 0 Å². The summed E-state index contributed by atoms with van der Waals surface area (Å²) in [6.07, 6.45) is 2.04. The Labute approximate surface area is 138 Å². The van der Waals surface area contributed by atoms with E-state index in [1.807, 2.05) is 6.07 Å². The van der Waals surface area contributed by atoms with Crippen LogP contribution in [-0.2, 0) is 6.42 Å². The summed E-state index contributed by atoms with van der Waals surface area (Å²) in [5, 5.41) is 12.9. The fourth-order valence-corrected chi connectivity index (χ4v) is 3.14. The lowest BCUT2D eigenvalue weighted by molar-refractivity contribution is 0.400. The van der Waals surface area contributed by atoms with E-state index < -0.39 is 0 Å². The first kappa shape index (κ1) is 15.6. The van der Waals surface area contributed by atoms with Crippen LogP contribution < -0.4 is 0 Å². The van der Waals surface area contributed by atoms with Gasteiger partial charge in [-0.05, 0) is 61.4 Å². The Morgan fingerprint density at radius 2 is 1.61 bits per heavy atom. The Hall–Kier alpha value is -2.32. The first-order valence-electron chi connectivity index (χ1n) is 8.10. The molecule has 0 heterocycles. The van der Waals surface area contributed by atoms with Crippen molar-refractivity contribution in [1.29, 1.82) is 0 Å². The van der Waals surface area contributed by atoms with Gasteiger partial charge in [0.15, 0.2) is 0 Å². The molecule has 0 saturated carbocycles. The lowest BCUT2D eigenvalue weighted by Crippen LogP contribution is -2.13. The van der Waals surface area contributed by atoms with Crippen molar-refractivity contribution >= 4 is 10.8 Å². The molecule has 0 aliphatic carbocycles. The van der Waals surface area contributed by atoms with E-state index in [9.17, 15) is 5.11 Å². The Bertz CT molecular complexity index is 803. The highest BCUT2D eigenvalue weighted by molar-refractivity contribution is 5.98. The normalized spacial score (nSPS) is 11.3. The fraction of sp³-hybridized carbons (Fsp3) is 0.238. The van der Waals surface area contributed by atoms with Crippen molar-refractivity contribution in [3.05, 3.63) is 66.2 Å². The van der Waals surface area contributed by atoms with E-state index in [1.54, 1.807) is 6.07 Å². The summed E-state index contributed by atoms with van der Waals surface area (Å²) in [5.41, 5.74) is 3.30. The van der Waals surface area contributed by atoms with E-state index >= 15 is 0 Å². The summed E-state index contributed by atoms with van der Waals surface area (Å²) in [4.78, 5) is 2.19. The minimum absolute atomic E-state index is 0.365. The van der Waals surface area contributed by atoms with Gasteiger partial charge in [-0.3, -0.25) is 0 Å². The Morgan fingerprint density at radius 3 is 2.43 bits per heavy atom. The number of phenols is 1.